The quantitative estimate of drug-likeness (QED) is 0.862. The monoisotopic (exact) mass is 347 g/mol. The lowest BCUT2D eigenvalue weighted by molar-refractivity contribution is -0.135. The zero-order valence-corrected chi connectivity index (χ0v) is 14.7. The molecule has 0 bridgehead atoms. The van der Waals surface area contributed by atoms with Gasteiger partial charge in [-0.15, -0.1) is 11.8 Å². The smallest absolute Gasteiger partial charge is 0.240 e. The molecule has 24 heavy (non-hydrogen) atoms. The molecule has 2 amide bonds. The number of likely N-dealkylation sites (tertiary alicyclic amines) is 1. The Morgan fingerprint density at radius 1 is 1.33 bits per heavy atom. The fourth-order valence-electron chi connectivity index (χ4n) is 3.50. The topological polar surface area (TPSA) is 75.4 Å². The van der Waals surface area contributed by atoms with Crippen molar-refractivity contribution >= 4 is 23.6 Å². The number of carbonyl (C=O) groups is 2. The number of thioether (sulfide) groups is 1. The van der Waals surface area contributed by atoms with Crippen molar-refractivity contribution in [3.05, 3.63) is 35.4 Å². The second-order valence-electron chi connectivity index (χ2n) is 6.40. The first-order valence-corrected chi connectivity index (χ1v) is 9.71. The van der Waals surface area contributed by atoms with Crippen molar-refractivity contribution in [1.29, 1.82) is 0 Å². The molecule has 2 atom stereocenters. The lowest BCUT2D eigenvalue weighted by atomic mass is 9.95. The summed E-state index contributed by atoms with van der Waals surface area (Å²) in [7, 11) is 0. The lowest BCUT2D eigenvalue weighted by Gasteiger charge is -2.35. The lowest BCUT2D eigenvalue weighted by Crippen LogP contribution is -2.47. The van der Waals surface area contributed by atoms with E-state index in [0.29, 0.717) is 19.6 Å². The van der Waals surface area contributed by atoms with Crippen molar-refractivity contribution in [1.82, 2.24) is 10.2 Å². The Labute approximate surface area is 147 Å². The van der Waals surface area contributed by atoms with Crippen LogP contribution in [0.3, 0.4) is 0 Å². The van der Waals surface area contributed by atoms with Gasteiger partial charge in [-0.1, -0.05) is 24.3 Å². The van der Waals surface area contributed by atoms with Gasteiger partial charge >= 0.3 is 0 Å². The van der Waals surface area contributed by atoms with E-state index in [1.807, 2.05) is 17.0 Å². The zero-order chi connectivity index (χ0) is 16.9. The summed E-state index contributed by atoms with van der Waals surface area (Å²) in [5, 5.41) is 2.73. The number of nitrogens with zero attached hydrogens (tertiary/aromatic N) is 1. The van der Waals surface area contributed by atoms with Gasteiger partial charge in [0.2, 0.25) is 11.8 Å². The standard InChI is InChI=1S/C18H25N3O2S/c19-8-9-20-17(22)14-5-3-10-21(12-14)18(23)16-15-6-2-1-4-13(15)7-11-24-16/h1-2,4,6,14,16H,3,5,7-12,19H2,(H,20,22). The summed E-state index contributed by atoms with van der Waals surface area (Å²) >= 11 is 1.72. The van der Waals surface area contributed by atoms with Crippen LogP contribution in [0.25, 0.3) is 0 Å². The van der Waals surface area contributed by atoms with Crippen molar-refractivity contribution in [3.8, 4) is 0 Å². The van der Waals surface area contributed by atoms with E-state index in [0.717, 1.165) is 37.1 Å². The van der Waals surface area contributed by atoms with Crippen LogP contribution in [0.15, 0.2) is 24.3 Å². The molecule has 2 aliphatic heterocycles. The van der Waals surface area contributed by atoms with Crippen LogP contribution in [-0.4, -0.2) is 48.6 Å². The van der Waals surface area contributed by atoms with Gasteiger partial charge in [-0.25, -0.2) is 0 Å². The minimum absolute atomic E-state index is 0.0228. The summed E-state index contributed by atoms with van der Waals surface area (Å²) in [5.41, 5.74) is 7.87. The summed E-state index contributed by atoms with van der Waals surface area (Å²) in [4.78, 5) is 27.1. The van der Waals surface area contributed by atoms with Crippen molar-refractivity contribution in [2.24, 2.45) is 11.7 Å². The molecule has 3 rings (SSSR count). The molecule has 1 aromatic carbocycles. The van der Waals surface area contributed by atoms with E-state index in [-0.39, 0.29) is 23.0 Å². The number of hydrogen-bond acceptors (Lipinski definition) is 4. The molecule has 2 heterocycles. The van der Waals surface area contributed by atoms with Crippen molar-refractivity contribution in [2.45, 2.75) is 24.5 Å². The predicted molar refractivity (Wildman–Crippen MR) is 96.7 cm³/mol. The van der Waals surface area contributed by atoms with Gasteiger partial charge in [0, 0.05) is 26.2 Å². The number of piperidine rings is 1. The van der Waals surface area contributed by atoms with Gasteiger partial charge in [-0.3, -0.25) is 9.59 Å². The van der Waals surface area contributed by atoms with E-state index < -0.39 is 0 Å². The Balaban J connectivity index is 1.68. The fourth-order valence-corrected chi connectivity index (χ4v) is 4.77. The number of amides is 2. The van der Waals surface area contributed by atoms with Crippen LogP contribution in [-0.2, 0) is 16.0 Å². The minimum Gasteiger partial charge on any atom is -0.355 e. The number of nitrogens with one attached hydrogen (secondary N) is 1. The molecular weight excluding hydrogens is 322 g/mol. The third kappa shape index (κ3) is 3.75. The van der Waals surface area contributed by atoms with Gasteiger partial charge in [-0.2, -0.15) is 0 Å². The highest BCUT2D eigenvalue weighted by atomic mass is 32.2. The van der Waals surface area contributed by atoms with Crippen LogP contribution < -0.4 is 11.1 Å². The number of benzene rings is 1. The third-order valence-electron chi connectivity index (χ3n) is 4.77. The van der Waals surface area contributed by atoms with Crippen LogP contribution in [0.2, 0.25) is 0 Å². The van der Waals surface area contributed by atoms with E-state index in [1.165, 1.54) is 5.56 Å². The number of carbonyl (C=O) groups excluding carboxylic acids is 2. The largest absolute Gasteiger partial charge is 0.355 e. The van der Waals surface area contributed by atoms with E-state index in [9.17, 15) is 9.59 Å². The fraction of sp³-hybridized carbons (Fsp3) is 0.556. The van der Waals surface area contributed by atoms with E-state index in [4.69, 9.17) is 5.73 Å². The van der Waals surface area contributed by atoms with Crippen LogP contribution in [0.1, 0.15) is 29.2 Å². The summed E-state index contributed by atoms with van der Waals surface area (Å²) in [6, 6.07) is 8.23. The van der Waals surface area contributed by atoms with E-state index >= 15 is 0 Å². The molecule has 1 aromatic rings. The van der Waals surface area contributed by atoms with E-state index in [2.05, 4.69) is 17.4 Å². The molecule has 0 radical (unpaired) electrons. The second kappa shape index (κ2) is 8.03. The van der Waals surface area contributed by atoms with Gasteiger partial charge in [0.15, 0.2) is 0 Å². The third-order valence-corrected chi connectivity index (χ3v) is 5.99. The Morgan fingerprint density at radius 3 is 3.00 bits per heavy atom. The zero-order valence-electron chi connectivity index (χ0n) is 13.9. The molecule has 130 valence electrons. The highest BCUT2D eigenvalue weighted by Gasteiger charge is 2.34. The first-order chi connectivity index (χ1) is 11.7. The number of aryl methyl sites for hydroxylation is 1. The van der Waals surface area contributed by atoms with Gasteiger partial charge in [0.05, 0.1) is 5.92 Å². The average Bonchev–Trinajstić information content (AvgIpc) is 2.65. The van der Waals surface area contributed by atoms with Crippen molar-refractivity contribution < 1.29 is 9.59 Å². The molecule has 0 saturated carbocycles. The van der Waals surface area contributed by atoms with Crippen LogP contribution >= 0.6 is 11.8 Å². The van der Waals surface area contributed by atoms with Crippen molar-refractivity contribution in [2.75, 3.05) is 31.9 Å². The molecule has 0 aliphatic carbocycles. The summed E-state index contributed by atoms with van der Waals surface area (Å²) in [6.07, 6.45) is 2.74. The normalized spacial score (nSPS) is 23.5. The first kappa shape index (κ1) is 17.3. The van der Waals surface area contributed by atoms with Gasteiger partial charge in [-0.05, 0) is 36.1 Å². The van der Waals surface area contributed by atoms with Gasteiger partial charge < -0.3 is 16.0 Å². The van der Waals surface area contributed by atoms with E-state index in [1.54, 1.807) is 11.8 Å². The molecule has 2 aliphatic rings. The Bertz CT molecular complexity index is 608. The molecular formula is C18H25N3O2S. The number of rotatable bonds is 4. The molecule has 3 N–H and O–H groups in total. The summed E-state index contributed by atoms with van der Waals surface area (Å²) < 4.78 is 0. The molecule has 1 fully saturated rings. The molecule has 0 aromatic heterocycles. The number of nitrogens with two attached hydrogens (primary N) is 1. The SMILES string of the molecule is NCCNC(=O)C1CCCN(C(=O)C2SCCc3ccccc32)C1. The number of fused-ring (bicyclic) bond motifs is 1. The maximum atomic E-state index is 13.1. The Hall–Kier alpha value is -1.53. The van der Waals surface area contributed by atoms with Gasteiger partial charge in [0.25, 0.3) is 0 Å². The van der Waals surface area contributed by atoms with Crippen LogP contribution in [0.4, 0.5) is 0 Å². The molecule has 1 saturated heterocycles. The minimum atomic E-state index is -0.124. The van der Waals surface area contributed by atoms with Crippen LogP contribution in [0, 0.1) is 5.92 Å². The molecule has 0 spiro atoms. The second-order valence-corrected chi connectivity index (χ2v) is 7.62. The summed E-state index contributed by atoms with van der Waals surface area (Å²) in [5.74, 6) is 1.04. The molecule has 6 heteroatoms. The summed E-state index contributed by atoms with van der Waals surface area (Å²) in [6.45, 7) is 2.21. The highest BCUT2D eigenvalue weighted by Crippen LogP contribution is 2.38. The molecule has 5 nitrogen and oxygen atoms in total. The van der Waals surface area contributed by atoms with Crippen LogP contribution in [0.5, 0.6) is 0 Å². The maximum Gasteiger partial charge on any atom is 0.240 e. The maximum absolute atomic E-state index is 13.1. The molecule has 2 unspecified atom stereocenters. The Morgan fingerprint density at radius 2 is 2.17 bits per heavy atom. The van der Waals surface area contributed by atoms with Gasteiger partial charge in [0.1, 0.15) is 5.25 Å². The first-order valence-electron chi connectivity index (χ1n) is 8.66. The average molecular weight is 347 g/mol. The Kier molecular flexibility index (Phi) is 5.79. The van der Waals surface area contributed by atoms with Crippen molar-refractivity contribution in [3.63, 3.8) is 0 Å². The number of hydrogen-bond donors (Lipinski definition) is 2. The predicted octanol–water partition coefficient (Wildman–Crippen LogP) is 1.33. The highest BCUT2D eigenvalue weighted by molar-refractivity contribution is 8.00.